The fourth-order valence-electron chi connectivity index (χ4n) is 3.95. The molecule has 0 aliphatic carbocycles. The number of amides is 2. The first-order valence-electron chi connectivity index (χ1n) is 10.0. The Morgan fingerprint density at radius 1 is 1.23 bits per heavy atom. The van der Waals surface area contributed by atoms with Crippen LogP contribution >= 0.6 is 0 Å². The summed E-state index contributed by atoms with van der Waals surface area (Å²) in [6.07, 6.45) is 3.57. The highest BCUT2D eigenvalue weighted by molar-refractivity contribution is 5.76. The first-order valence-corrected chi connectivity index (χ1v) is 10.0. The van der Waals surface area contributed by atoms with Crippen molar-refractivity contribution in [3.05, 3.63) is 52.9 Å². The molecule has 3 heterocycles. The first kappa shape index (κ1) is 20.5. The number of carbonyl (C=O) groups excluding carboxylic acids is 1. The quantitative estimate of drug-likeness (QED) is 0.798. The summed E-state index contributed by atoms with van der Waals surface area (Å²) in [6, 6.07) is 3.15. The minimum Gasteiger partial charge on any atom is -0.381 e. The first-order chi connectivity index (χ1) is 14.3. The molecule has 2 aliphatic heterocycles. The van der Waals surface area contributed by atoms with Crippen LogP contribution in [0, 0.1) is 11.6 Å². The van der Waals surface area contributed by atoms with Crippen LogP contribution in [0.15, 0.2) is 24.4 Å². The van der Waals surface area contributed by atoms with Crippen LogP contribution in [0.3, 0.4) is 0 Å². The van der Waals surface area contributed by atoms with E-state index in [1.165, 1.54) is 12.1 Å². The molecule has 2 aliphatic rings. The van der Waals surface area contributed by atoms with Gasteiger partial charge in [-0.1, -0.05) is 0 Å². The van der Waals surface area contributed by atoms with E-state index in [0.29, 0.717) is 18.1 Å². The van der Waals surface area contributed by atoms with E-state index in [1.807, 2.05) is 13.8 Å². The number of urea groups is 1. The second kappa shape index (κ2) is 8.14. The number of halogens is 2. The average Bonchev–Trinajstić information content (AvgIpc) is 2.96. The number of hydrogen-bond donors (Lipinski definition) is 2. The molecule has 2 N–H and O–H groups in total. The summed E-state index contributed by atoms with van der Waals surface area (Å²) in [5, 5.41) is 6.09. The SMILES string of the molecule is CC1(C)c2cnc(NC3CCOCC3)nc2CN1C(=O)NCc1cc(F)cc(F)c1. The Balaban J connectivity index is 1.44. The lowest BCUT2D eigenvalue weighted by atomic mass is 9.97. The van der Waals surface area contributed by atoms with E-state index in [0.717, 1.165) is 43.4 Å². The number of nitrogens with one attached hydrogen (secondary N) is 2. The lowest BCUT2D eigenvalue weighted by Crippen LogP contribution is -2.45. The molecule has 1 saturated heterocycles. The van der Waals surface area contributed by atoms with Gasteiger partial charge in [0.1, 0.15) is 11.6 Å². The van der Waals surface area contributed by atoms with Gasteiger partial charge in [-0.3, -0.25) is 0 Å². The van der Waals surface area contributed by atoms with Crippen LogP contribution in [-0.2, 0) is 23.4 Å². The van der Waals surface area contributed by atoms with Crippen molar-refractivity contribution in [2.45, 2.75) is 51.4 Å². The summed E-state index contributed by atoms with van der Waals surface area (Å²) in [4.78, 5) is 23.6. The summed E-state index contributed by atoms with van der Waals surface area (Å²) in [5.41, 5.74) is 1.42. The van der Waals surface area contributed by atoms with Gasteiger partial charge in [0.25, 0.3) is 0 Å². The molecule has 9 heteroatoms. The summed E-state index contributed by atoms with van der Waals surface area (Å²) >= 11 is 0. The van der Waals surface area contributed by atoms with Gasteiger partial charge in [0.05, 0.1) is 17.8 Å². The summed E-state index contributed by atoms with van der Waals surface area (Å²) in [5.74, 6) is -0.796. The molecule has 160 valence electrons. The largest absolute Gasteiger partial charge is 0.381 e. The summed E-state index contributed by atoms with van der Waals surface area (Å²) < 4.78 is 32.1. The van der Waals surface area contributed by atoms with Gasteiger partial charge in [-0.25, -0.2) is 23.5 Å². The number of carbonyl (C=O) groups is 1. The number of hydrogen-bond acceptors (Lipinski definition) is 5. The Morgan fingerprint density at radius 3 is 2.63 bits per heavy atom. The van der Waals surface area contributed by atoms with E-state index < -0.39 is 17.2 Å². The Bertz CT molecular complexity index is 927. The van der Waals surface area contributed by atoms with Crippen molar-refractivity contribution in [3.8, 4) is 0 Å². The van der Waals surface area contributed by atoms with Gasteiger partial charge < -0.3 is 20.3 Å². The van der Waals surface area contributed by atoms with Gasteiger partial charge in [0, 0.05) is 43.6 Å². The van der Waals surface area contributed by atoms with Crippen LogP contribution in [0.25, 0.3) is 0 Å². The lowest BCUT2D eigenvalue weighted by Gasteiger charge is -2.32. The van der Waals surface area contributed by atoms with Gasteiger partial charge >= 0.3 is 6.03 Å². The van der Waals surface area contributed by atoms with Crippen LogP contribution in [0.1, 0.15) is 43.5 Å². The van der Waals surface area contributed by atoms with Crippen molar-refractivity contribution < 1.29 is 18.3 Å². The highest BCUT2D eigenvalue weighted by Crippen LogP contribution is 2.37. The number of fused-ring (bicyclic) bond motifs is 1. The number of benzene rings is 1. The molecule has 7 nitrogen and oxygen atoms in total. The molecule has 0 radical (unpaired) electrons. The van der Waals surface area contributed by atoms with E-state index in [1.54, 1.807) is 11.1 Å². The average molecular weight is 417 g/mol. The van der Waals surface area contributed by atoms with E-state index in [2.05, 4.69) is 20.6 Å². The second-order valence-corrected chi connectivity index (χ2v) is 8.17. The standard InChI is InChI=1S/C21H25F2N5O2/c1-21(2)17-11-24-19(26-16-3-5-30-6-4-16)27-18(17)12-28(21)20(29)25-10-13-7-14(22)9-15(23)8-13/h7-9,11,16H,3-6,10,12H2,1-2H3,(H,25,29)(H,24,26,27). The highest BCUT2D eigenvalue weighted by Gasteiger charge is 2.41. The second-order valence-electron chi connectivity index (χ2n) is 8.17. The predicted octanol–water partition coefficient (Wildman–Crippen LogP) is 3.31. The Labute approximate surface area is 173 Å². The smallest absolute Gasteiger partial charge is 0.318 e. The zero-order valence-electron chi connectivity index (χ0n) is 17.0. The third-order valence-corrected chi connectivity index (χ3v) is 5.68. The topological polar surface area (TPSA) is 79.4 Å². The number of aromatic nitrogens is 2. The Morgan fingerprint density at radius 2 is 1.93 bits per heavy atom. The van der Waals surface area contributed by atoms with Crippen LogP contribution in [0.2, 0.25) is 0 Å². The van der Waals surface area contributed by atoms with Gasteiger partial charge in [-0.2, -0.15) is 0 Å². The maximum atomic E-state index is 13.4. The van der Waals surface area contributed by atoms with Crippen LogP contribution < -0.4 is 10.6 Å². The van der Waals surface area contributed by atoms with E-state index >= 15 is 0 Å². The van der Waals surface area contributed by atoms with Crippen molar-refractivity contribution in [1.82, 2.24) is 20.2 Å². The lowest BCUT2D eigenvalue weighted by molar-refractivity contribution is 0.0903. The van der Waals surface area contributed by atoms with Crippen LogP contribution in [0.5, 0.6) is 0 Å². The fourth-order valence-corrected chi connectivity index (χ4v) is 3.95. The number of ether oxygens (including phenoxy) is 1. The molecule has 1 fully saturated rings. The van der Waals surface area contributed by atoms with Crippen molar-refractivity contribution >= 4 is 12.0 Å². The molecule has 1 aromatic carbocycles. The molecule has 2 aromatic rings. The fraction of sp³-hybridized carbons (Fsp3) is 0.476. The molecule has 0 spiro atoms. The molecule has 2 amide bonds. The molecule has 0 atom stereocenters. The third kappa shape index (κ3) is 4.21. The minimum atomic E-state index is -0.673. The molecule has 0 saturated carbocycles. The van der Waals surface area contributed by atoms with Gasteiger partial charge in [-0.05, 0) is 44.4 Å². The van der Waals surface area contributed by atoms with Crippen molar-refractivity contribution in [1.29, 1.82) is 0 Å². The maximum Gasteiger partial charge on any atom is 0.318 e. The highest BCUT2D eigenvalue weighted by atomic mass is 19.1. The van der Waals surface area contributed by atoms with E-state index in [4.69, 9.17) is 4.74 Å². The minimum absolute atomic E-state index is 0.0265. The molecule has 4 rings (SSSR count). The zero-order valence-corrected chi connectivity index (χ0v) is 17.0. The molecular weight excluding hydrogens is 392 g/mol. The summed E-state index contributed by atoms with van der Waals surface area (Å²) in [6.45, 7) is 5.65. The van der Waals surface area contributed by atoms with Gasteiger partial charge in [0.2, 0.25) is 5.95 Å². The monoisotopic (exact) mass is 417 g/mol. The molecule has 0 unspecified atom stereocenters. The molecule has 30 heavy (non-hydrogen) atoms. The Kier molecular flexibility index (Phi) is 5.55. The predicted molar refractivity (Wildman–Crippen MR) is 107 cm³/mol. The summed E-state index contributed by atoms with van der Waals surface area (Å²) in [7, 11) is 0. The normalized spacial score (nSPS) is 18.2. The van der Waals surface area contributed by atoms with Gasteiger partial charge in [-0.15, -0.1) is 0 Å². The van der Waals surface area contributed by atoms with E-state index in [-0.39, 0.29) is 18.6 Å². The zero-order chi connectivity index (χ0) is 21.3. The number of rotatable bonds is 4. The van der Waals surface area contributed by atoms with Crippen molar-refractivity contribution in [2.75, 3.05) is 18.5 Å². The van der Waals surface area contributed by atoms with Crippen molar-refractivity contribution in [2.24, 2.45) is 0 Å². The molecule has 0 bridgehead atoms. The maximum absolute atomic E-state index is 13.4. The Hall–Kier alpha value is -2.81. The molecular formula is C21H25F2N5O2. The molecule has 1 aromatic heterocycles. The van der Waals surface area contributed by atoms with E-state index in [9.17, 15) is 13.6 Å². The van der Waals surface area contributed by atoms with Gasteiger partial charge in [0.15, 0.2) is 0 Å². The van der Waals surface area contributed by atoms with Crippen LogP contribution in [-0.4, -0.2) is 40.2 Å². The number of nitrogens with zero attached hydrogens (tertiary/aromatic N) is 3. The van der Waals surface area contributed by atoms with Crippen LogP contribution in [0.4, 0.5) is 19.5 Å². The third-order valence-electron chi connectivity index (χ3n) is 5.68. The number of anilines is 1. The van der Waals surface area contributed by atoms with Crippen molar-refractivity contribution in [3.63, 3.8) is 0 Å².